The molecule has 86 valence electrons. The normalized spacial score (nSPS) is 12.5. The highest BCUT2D eigenvalue weighted by Gasteiger charge is 2.17. The number of hydrogen-bond acceptors (Lipinski definition) is 5. The van der Waals surface area contributed by atoms with E-state index in [-0.39, 0.29) is 0 Å². The van der Waals surface area contributed by atoms with Crippen molar-refractivity contribution in [2.45, 2.75) is 16.5 Å². The van der Waals surface area contributed by atoms with Crippen LogP contribution < -0.4 is 10.6 Å². The van der Waals surface area contributed by atoms with Gasteiger partial charge in [-0.3, -0.25) is 0 Å². The molecule has 0 atom stereocenters. The first-order chi connectivity index (χ1) is 8.36. The molecule has 1 aliphatic rings. The lowest BCUT2D eigenvalue weighted by atomic mass is 10.2. The molecule has 3 rings (SSSR count). The third-order valence-corrected chi connectivity index (χ3v) is 3.62. The first-order valence-corrected chi connectivity index (χ1v) is 6.22. The minimum atomic E-state index is 0.839. The van der Waals surface area contributed by atoms with Crippen molar-refractivity contribution in [1.82, 2.24) is 15.3 Å². The van der Waals surface area contributed by atoms with E-state index in [1.54, 1.807) is 24.2 Å². The van der Waals surface area contributed by atoms with Crippen LogP contribution in [0.4, 0.5) is 11.5 Å². The molecule has 1 aromatic heterocycles. The fourth-order valence-electron chi connectivity index (χ4n) is 1.80. The summed E-state index contributed by atoms with van der Waals surface area (Å²) in [7, 11) is 1.95. The molecule has 17 heavy (non-hydrogen) atoms. The largest absolute Gasteiger partial charge is 0.337 e. The number of benzene rings is 1. The monoisotopic (exact) mass is 244 g/mol. The zero-order chi connectivity index (χ0) is 11.7. The van der Waals surface area contributed by atoms with E-state index >= 15 is 0 Å². The van der Waals surface area contributed by atoms with Crippen molar-refractivity contribution in [3.05, 3.63) is 36.2 Å². The van der Waals surface area contributed by atoms with Crippen molar-refractivity contribution >= 4 is 23.3 Å². The highest BCUT2D eigenvalue weighted by Crippen LogP contribution is 2.41. The Kier molecular flexibility index (Phi) is 2.70. The molecule has 2 aromatic rings. The number of hydrogen-bond donors (Lipinski definition) is 2. The number of anilines is 2. The average Bonchev–Trinajstić information content (AvgIpc) is 2.36. The highest BCUT2D eigenvalue weighted by molar-refractivity contribution is 7.99. The van der Waals surface area contributed by atoms with Gasteiger partial charge >= 0.3 is 0 Å². The van der Waals surface area contributed by atoms with Gasteiger partial charge in [-0.15, -0.1) is 0 Å². The summed E-state index contributed by atoms with van der Waals surface area (Å²) in [6.07, 6.45) is 3.42. The molecule has 0 fully saturated rings. The lowest BCUT2D eigenvalue weighted by molar-refractivity contribution is 0.817. The number of rotatable bonds is 2. The van der Waals surface area contributed by atoms with Crippen LogP contribution in [0, 0.1) is 0 Å². The molecule has 0 bridgehead atoms. The fourth-order valence-corrected chi connectivity index (χ4v) is 2.67. The van der Waals surface area contributed by atoms with Crippen LogP contribution in [0.2, 0.25) is 0 Å². The molecule has 0 spiro atoms. The molecular weight excluding hydrogens is 232 g/mol. The van der Waals surface area contributed by atoms with Crippen LogP contribution in [-0.2, 0) is 6.54 Å². The van der Waals surface area contributed by atoms with E-state index < -0.39 is 0 Å². The van der Waals surface area contributed by atoms with Crippen LogP contribution in [0.15, 0.2) is 40.5 Å². The van der Waals surface area contributed by atoms with Gasteiger partial charge in [0.2, 0.25) is 0 Å². The Hall–Kier alpha value is -1.59. The van der Waals surface area contributed by atoms with E-state index in [0.717, 1.165) is 23.1 Å². The topological polar surface area (TPSA) is 49.8 Å². The molecule has 1 aromatic carbocycles. The minimum Gasteiger partial charge on any atom is -0.337 e. The Bertz CT molecular complexity index is 556. The first-order valence-electron chi connectivity index (χ1n) is 5.40. The minimum absolute atomic E-state index is 0.839. The Balaban J connectivity index is 1.97. The van der Waals surface area contributed by atoms with E-state index in [2.05, 4.69) is 38.8 Å². The molecule has 5 heteroatoms. The number of aromatic nitrogens is 2. The van der Waals surface area contributed by atoms with Crippen LogP contribution in [0.25, 0.3) is 0 Å². The van der Waals surface area contributed by atoms with E-state index in [4.69, 9.17) is 0 Å². The van der Waals surface area contributed by atoms with Gasteiger partial charge in [0, 0.05) is 23.8 Å². The Labute approximate surface area is 104 Å². The quantitative estimate of drug-likeness (QED) is 0.725. The number of nitrogens with zero attached hydrogens (tertiary/aromatic N) is 2. The van der Waals surface area contributed by atoms with Gasteiger partial charge in [0.15, 0.2) is 5.82 Å². The predicted molar refractivity (Wildman–Crippen MR) is 68.6 cm³/mol. The molecule has 0 saturated carbocycles. The maximum atomic E-state index is 4.30. The first kappa shape index (κ1) is 10.6. The van der Waals surface area contributed by atoms with Crippen molar-refractivity contribution in [2.75, 3.05) is 12.4 Å². The van der Waals surface area contributed by atoms with Crippen molar-refractivity contribution in [1.29, 1.82) is 0 Å². The lowest BCUT2D eigenvalue weighted by Crippen LogP contribution is -2.07. The predicted octanol–water partition coefficient (Wildman–Crippen LogP) is 2.40. The molecule has 2 N–H and O–H groups in total. The van der Waals surface area contributed by atoms with E-state index in [1.807, 2.05) is 7.05 Å². The van der Waals surface area contributed by atoms with E-state index in [1.165, 1.54) is 10.5 Å². The molecule has 0 unspecified atom stereocenters. The summed E-state index contributed by atoms with van der Waals surface area (Å²) in [5.74, 6) is 0.839. The fraction of sp³-hybridized carbons (Fsp3) is 0.167. The second-order valence-corrected chi connectivity index (χ2v) is 4.83. The maximum absolute atomic E-state index is 4.30. The molecule has 1 aliphatic heterocycles. The Morgan fingerprint density at radius 1 is 1.29 bits per heavy atom. The van der Waals surface area contributed by atoms with Gasteiger partial charge in [-0.25, -0.2) is 9.97 Å². The van der Waals surface area contributed by atoms with Gasteiger partial charge in [-0.05, 0) is 24.7 Å². The standard InChI is InChI=1S/C12H12N4S/c1-13-7-8-2-3-10-9(6-8)16-11-12(17-10)15-5-4-14-11/h2-6,13H,7H2,1H3,(H,14,16). The molecule has 4 nitrogen and oxygen atoms in total. The van der Waals surface area contributed by atoms with Crippen LogP contribution in [0.1, 0.15) is 5.56 Å². The summed E-state index contributed by atoms with van der Waals surface area (Å²) in [6, 6.07) is 6.40. The highest BCUT2D eigenvalue weighted by atomic mass is 32.2. The van der Waals surface area contributed by atoms with Gasteiger partial charge in [-0.2, -0.15) is 0 Å². The summed E-state index contributed by atoms with van der Waals surface area (Å²) in [5.41, 5.74) is 2.36. The van der Waals surface area contributed by atoms with Gasteiger partial charge < -0.3 is 10.6 Å². The zero-order valence-corrected chi connectivity index (χ0v) is 10.2. The zero-order valence-electron chi connectivity index (χ0n) is 9.40. The lowest BCUT2D eigenvalue weighted by Gasteiger charge is -2.19. The van der Waals surface area contributed by atoms with Crippen molar-refractivity contribution in [3.8, 4) is 0 Å². The van der Waals surface area contributed by atoms with E-state index in [0.29, 0.717) is 0 Å². The van der Waals surface area contributed by atoms with Crippen LogP contribution in [0.3, 0.4) is 0 Å². The number of nitrogens with one attached hydrogen (secondary N) is 2. The second-order valence-electron chi connectivity index (χ2n) is 3.80. The SMILES string of the molecule is CNCc1ccc2c(c1)Nc1nccnc1S2. The molecule has 0 radical (unpaired) electrons. The molecule has 0 saturated heterocycles. The smallest absolute Gasteiger partial charge is 0.163 e. The summed E-state index contributed by atoms with van der Waals surface area (Å²) in [6.45, 7) is 0.868. The van der Waals surface area contributed by atoms with Crippen molar-refractivity contribution < 1.29 is 0 Å². The summed E-state index contributed by atoms with van der Waals surface area (Å²) >= 11 is 1.65. The second kappa shape index (κ2) is 4.35. The summed E-state index contributed by atoms with van der Waals surface area (Å²) < 4.78 is 0. The van der Waals surface area contributed by atoms with Gasteiger partial charge in [0.1, 0.15) is 5.03 Å². The van der Waals surface area contributed by atoms with Gasteiger partial charge in [-0.1, -0.05) is 17.8 Å². The Morgan fingerprint density at radius 3 is 3.06 bits per heavy atom. The maximum Gasteiger partial charge on any atom is 0.163 e. The summed E-state index contributed by atoms with van der Waals surface area (Å²) in [4.78, 5) is 9.78. The van der Waals surface area contributed by atoms with Crippen LogP contribution in [-0.4, -0.2) is 17.0 Å². The molecule has 0 amide bonds. The van der Waals surface area contributed by atoms with Crippen LogP contribution in [0.5, 0.6) is 0 Å². The third kappa shape index (κ3) is 1.99. The number of fused-ring (bicyclic) bond motifs is 2. The van der Waals surface area contributed by atoms with Crippen LogP contribution >= 0.6 is 11.8 Å². The summed E-state index contributed by atoms with van der Waals surface area (Å²) in [5, 5.41) is 7.40. The van der Waals surface area contributed by atoms with Gasteiger partial charge in [0.25, 0.3) is 0 Å². The molecule has 0 aliphatic carbocycles. The molecule has 2 heterocycles. The van der Waals surface area contributed by atoms with Crippen molar-refractivity contribution in [3.63, 3.8) is 0 Å². The van der Waals surface area contributed by atoms with Gasteiger partial charge in [0.05, 0.1) is 5.69 Å². The Morgan fingerprint density at radius 2 is 2.18 bits per heavy atom. The average molecular weight is 244 g/mol. The molecular formula is C12H12N4S. The van der Waals surface area contributed by atoms with Crippen molar-refractivity contribution in [2.24, 2.45) is 0 Å². The van der Waals surface area contributed by atoms with E-state index in [9.17, 15) is 0 Å². The third-order valence-electron chi connectivity index (χ3n) is 2.55.